The number of carbonyl (C=O) groups is 1. The van der Waals surface area contributed by atoms with E-state index in [-0.39, 0.29) is 24.4 Å². The molecule has 0 aliphatic carbocycles. The van der Waals surface area contributed by atoms with Crippen molar-refractivity contribution in [3.8, 4) is 0 Å². The molecule has 2 rings (SSSR count). The van der Waals surface area contributed by atoms with Crippen molar-refractivity contribution in [2.45, 2.75) is 12.8 Å². The number of hydrogen-bond donors (Lipinski definition) is 0. The fourth-order valence-corrected chi connectivity index (χ4v) is 1.63. The van der Waals surface area contributed by atoms with Crippen LogP contribution in [0, 0.1) is 5.82 Å². The van der Waals surface area contributed by atoms with Gasteiger partial charge in [0.1, 0.15) is 6.61 Å². The summed E-state index contributed by atoms with van der Waals surface area (Å²) >= 11 is 0. The van der Waals surface area contributed by atoms with E-state index in [1.165, 1.54) is 18.2 Å². The lowest BCUT2D eigenvalue weighted by Crippen LogP contribution is -2.09. The first-order valence-corrected chi connectivity index (χ1v) is 5.65. The standard InChI is InChI=1S/C13H11F3O3/c14-9-3-1-2-8-6-11(19-13(8)9)10(17)4-5-18-7-12(15)16/h1-3,6,12H,4-5,7H2. The van der Waals surface area contributed by atoms with Gasteiger partial charge in [-0.25, -0.2) is 13.2 Å². The summed E-state index contributed by atoms with van der Waals surface area (Å²) in [6.07, 6.45) is -2.65. The summed E-state index contributed by atoms with van der Waals surface area (Å²) in [4.78, 5) is 11.7. The van der Waals surface area contributed by atoms with Crippen LogP contribution in [0.2, 0.25) is 0 Å². The minimum atomic E-state index is -2.56. The third-order valence-electron chi connectivity index (χ3n) is 2.49. The van der Waals surface area contributed by atoms with E-state index in [1.54, 1.807) is 6.07 Å². The van der Waals surface area contributed by atoms with Gasteiger partial charge in [0.15, 0.2) is 22.9 Å². The quantitative estimate of drug-likeness (QED) is 0.597. The molecule has 6 heteroatoms. The van der Waals surface area contributed by atoms with Crippen LogP contribution in [0.4, 0.5) is 13.2 Å². The molecule has 19 heavy (non-hydrogen) atoms. The molecular formula is C13H11F3O3. The average Bonchev–Trinajstić information content (AvgIpc) is 2.79. The lowest BCUT2D eigenvalue weighted by Gasteiger charge is -2.01. The topological polar surface area (TPSA) is 39.4 Å². The first-order chi connectivity index (χ1) is 9.08. The van der Waals surface area contributed by atoms with E-state index in [0.29, 0.717) is 5.39 Å². The molecular weight excluding hydrogens is 261 g/mol. The number of ether oxygens (including phenoxy) is 1. The molecule has 1 aromatic carbocycles. The van der Waals surface area contributed by atoms with Gasteiger partial charge in [-0.1, -0.05) is 12.1 Å². The summed E-state index contributed by atoms with van der Waals surface area (Å²) in [5, 5.41) is 0.483. The molecule has 3 nitrogen and oxygen atoms in total. The predicted octanol–water partition coefficient (Wildman–Crippen LogP) is 3.43. The van der Waals surface area contributed by atoms with Crippen LogP contribution < -0.4 is 0 Å². The zero-order chi connectivity index (χ0) is 13.8. The first kappa shape index (κ1) is 13.6. The highest BCUT2D eigenvalue weighted by Gasteiger charge is 2.14. The van der Waals surface area contributed by atoms with Gasteiger partial charge in [-0.3, -0.25) is 4.79 Å². The molecule has 1 aromatic heterocycles. The van der Waals surface area contributed by atoms with Crippen molar-refractivity contribution in [1.82, 2.24) is 0 Å². The van der Waals surface area contributed by atoms with Crippen molar-refractivity contribution < 1.29 is 27.1 Å². The Morgan fingerprint density at radius 2 is 2.16 bits per heavy atom. The minimum absolute atomic E-state index is 0.000692. The van der Waals surface area contributed by atoms with Crippen LogP contribution in [0.5, 0.6) is 0 Å². The zero-order valence-corrected chi connectivity index (χ0v) is 9.87. The van der Waals surface area contributed by atoms with E-state index in [0.717, 1.165) is 0 Å². The highest BCUT2D eigenvalue weighted by Crippen LogP contribution is 2.22. The van der Waals surface area contributed by atoms with Crippen molar-refractivity contribution in [3.05, 3.63) is 35.8 Å². The van der Waals surface area contributed by atoms with E-state index in [2.05, 4.69) is 4.74 Å². The maximum absolute atomic E-state index is 13.3. The van der Waals surface area contributed by atoms with Crippen molar-refractivity contribution in [3.63, 3.8) is 0 Å². The summed E-state index contributed by atoms with van der Waals surface area (Å²) in [6, 6.07) is 5.78. The molecule has 0 N–H and O–H groups in total. The molecule has 0 aliphatic heterocycles. The smallest absolute Gasteiger partial charge is 0.261 e. The van der Waals surface area contributed by atoms with Crippen LogP contribution >= 0.6 is 0 Å². The number of rotatable bonds is 6. The summed E-state index contributed by atoms with van der Waals surface area (Å²) in [5.41, 5.74) is 0.0133. The minimum Gasteiger partial charge on any atom is -0.450 e. The fourth-order valence-electron chi connectivity index (χ4n) is 1.63. The van der Waals surface area contributed by atoms with Crippen LogP contribution in [0.1, 0.15) is 17.0 Å². The highest BCUT2D eigenvalue weighted by molar-refractivity contribution is 5.97. The van der Waals surface area contributed by atoms with Crippen LogP contribution in [0.3, 0.4) is 0 Å². The maximum Gasteiger partial charge on any atom is 0.261 e. The Balaban J connectivity index is 2.00. The molecule has 2 aromatic rings. The first-order valence-electron chi connectivity index (χ1n) is 5.65. The predicted molar refractivity (Wildman–Crippen MR) is 61.9 cm³/mol. The Bertz CT molecular complexity index is 578. The molecule has 0 saturated heterocycles. The molecule has 102 valence electrons. The number of benzene rings is 1. The number of alkyl halides is 2. The highest BCUT2D eigenvalue weighted by atomic mass is 19.3. The summed E-state index contributed by atoms with van der Waals surface area (Å²) in [7, 11) is 0. The van der Waals surface area contributed by atoms with Crippen LogP contribution in [0.25, 0.3) is 11.0 Å². The number of ketones is 1. The lowest BCUT2D eigenvalue weighted by molar-refractivity contribution is 0.0167. The average molecular weight is 272 g/mol. The van der Waals surface area contributed by atoms with Crippen LogP contribution in [-0.2, 0) is 4.74 Å². The Morgan fingerprint density at radius 1 is 1.37 bits per heavy atom. The Hall–Kier alpha value is -1.82. The molecule has 0 spiro atoms. The van der Waals surface area contributed by atoms with Crippen LogP contribution in [-0.4, -0.2) is 25.4 Å². The summed E-state index contributed by atoms with van der Waals surface area (Å²) < 4.78 is 46.6. The molecule has 0 radical (unpaired) electrons. The van der Waals surface area contributed by atoms with Gasteiger partial charge < -0.3 is 9.15 Å². The second kappa shape index (κ2) is 5.88. The molecule has 1 heterocycles. The van der Waals surface area contributed by atoms with Gasteiger partial charge >= 0.3 is 0 Å². The van der Waals surface area contributed by atoms with Gasteiger partial charge in [-0.15, -0.1) is 0 Å². The summed E-state index contributed by atoms with van der Waals surface area (Å²) in [6.45, 7) is -0.829. The number of halogens is 3. The van der Waals surface area contributed by atoms with Gasteiger partial charge in [0.25, 0.3) is 6.43 Å². The van der Waals surface area contributed by atoms with E-state index in [9.17, 15) is 18.0 Å². The molecule has 0 saturated carbocycles. The van der Waals surface area contributed by atoms with E-state index in [1.807, 2.05) is 0 Å². The molecule has 0 aliphatic rings. The SMILES string of the molecule is O=C(CCOCC(F)F)c1cc2cccc(F)c2o1. The van der Waals surface area contributed by atoms with Crippen LogP contribution in [0.15, 0.2) is 28.7 Å². The molecule has 0 unspecified atom stereocenters. The molecule has 0 fully saturated rings. The Kier molecular flexibility index (Phi) is 4.21. The zero-order valence-electron chi connectivity index (χ0n) is 9.87. The molecule has 0 amide bonds. The van der Waals surface area contributed by atoms with Crippen molar-refractivity contribution >= 4 is 16.8 Å². The van der Waals surface area contributed by atoms with E-state index < -0.39 is 24.6 Å². The van der Waals surface area contributed by atoms with Crippen molar-refractivity contribution in [2.24, 2.45) is 0 Å². The normalized spacial score (nSPS) is 11.4. The number of carbonyl (C=O) groups excluding carboxylic acids is 1. The van der Waals surface area contributed by atoms with Gasteiger partial charge in [0.05, 0.1) is 6.61 Å². The van der Waals surface area contributed by atoms with E-state index >= 15 is 0 Å². The number of para-hydroxylation sites is 1. The fraction of sp³-hybridized carbons (Fsp3) is 0.308. The lowest BCUT2D eigenvalue weighted by atomic mass is 10.2. The number of Topliss-reactive ketones (excluding diaryl/α,β-unsaturated/α-hetero) is 1. The van der Waals surface area contributed by atoms with E-state index in [4.69, 9.17) is 4.42 Å². The number of hydrogen-bond acceptors (Lipinski definition) is 3. The van der Waals surface area contributed by atoms with Gasteiger partial charge in [0.2, 0.25) is 0 Å². The van der Waals surface area contributed by atoms with Crippen molar-refractivity contribution in [1.29, 1.82) is 0 Å². The number of fused-ring (bicyclic) bond motifs is 1. The number of furan rings is 1. The third-order valence-corrected chi connectivity index (χ3v) is 2.49. The Morgan fingerprint density at radius 3 is 2.84 bits per heavy atom. The second-order valence-corrected chi connectivity index (χ2v) is 3.91. The monoisotopic (exact) mass is 272 g/mol. The van der Waals surface area contributed by atoms with Gasteiger partial charge in [-0.05, 0) is 12.1 Å². The van der Waals surface area contributed by atoms with Gasteiger partial charge in [-0.2, -0.15) is 0 Å². The molecule has 0 atom stereocenters. The van der Waals surface area contributed by atoms with Gasteiger partial charge in [0, 0.05) is 11.8 Å². The Labute approximate surface area is 107 Å². The largest absolute Gasteiger partial charge is 0.450 e. The second-order valence-electron chi connectivity index (χ2n) is 3.91. The molecule has 0 bridgehead atoms. The van der Waals surface area contributed by atoms with Crippen molar-refractivity contribution in [2.75, 3.05) is 13.2 Å². The maximum atomic E-state index is 13.3. The third kappa shape index (κ3) is 3.35. The summed E-state index contributed by atoms with van der Waals surface area (Å²) in [5.74, 6) is -0.962.